The number of amidine groups is 1. The molecule has 3 rings (SSSR count). The minimum absolute atomic E-state index is 0.0307. The van der Waals surface area contributed by atoms with E-state index >= 15 is 0 Å². The van der Waals surface area contributed by atoms with Gasteiger partial charge in [-0.1, -0.05) is 11.8 Å². The molecule has 0 bridgehead atoms. The molecule has 0 saturated carbocycles. The fraction of sp³-hybridized carbons (Fsp3) is 0.211. The minimum Gasteiger partial charge on any atom is -0.463 e. The molecule has 10 heteroatoms. The number of ether oxygens (including phenoxy) is 1. The largest absolute Gasteiger partial charge is 0.463 e. The van der Waals surface area contributed by atoms with Crippen LogP contribution in [0.25, 0.3) is 0 Å². The van der Waals surface area contributed by atoms with Crippen molar-refractivity contribution < 1.29 is 23.5 Å². The van der Waals surface area contributed by atoms with Crippen molar-refractivity contribution in [3.63, 3.8) is 0 Å². The van der Waals surface area contributed by atoms with Crippen LogP contribution in [0.1, 0.15) is 29.5 Å². The summed E-state index contributed by atoms with van der Waals surface area (Å²) in [5, 5.41) is 12.7. The number of anilines is 1. The number of furan rings is 1. The van der Waals surface area contributed by atoms with Crippen LogP contribution in [0.5, 0.6) is 0 Å². The SMILES string of the molecule is CCOC(=O)c1ccc(NC(=O)CC2S/C(=N/N=Cc3ccco3)NC2=O)cc1. The van der Waals surface area contributed by atoms with E-state index in [2.05, 4.69) is 20.8 Å². The second-order valence-corrected chi connectivity index (χ2v) is 7.00. The van der Waals surface area contributed by atoms with Gasteiger partial charge in [0.05, 0.1) is 24.6 Å². The Morgan fingerprint density at radius 1 is 1.31 bits per heavy atom. The molecule has 0 aliphatic carbocycles. The lowest BCUT2D eigenvalue weighted by Gasteiger charge is -2.08. The molecule has 150 valence electrons. The van der Waals surface area contributed by atoms with Gasteiger partial charge >= 0.3 is 5.97 Å². The molecule has 1 aliphatic heterocycles. The number of carbonyl (C=O) groups is 3. The van der Waals surface area contributed by atoms with Gasteiger partial charge in [-0.25, -0.2) is 4.79 Å². The van der Waals surface area contributed by atoms with E-state index in [-0.39, 0.29) is 24.8 Å². The number of nitrogens with one attached hydrogen (secondary N) is 2. The molecule has 1 fully saturated rings. The quantitative estimate of drug-likeness (QED) is 0.408. The van der Waals surface area contributed by atoms with Crippen LogP contribution in [0.2, 0.25) is 0 Å². The maximum absolute atomic E-state index is 12.2. The first-order valence-corrected chi connectivity index (χ1v) is 9.62. The summed E-state index contributed by atoms with van der Waals surface area (Å²) in [6.45, 7) is 2.02. The highest BCUT2D eigenvalue weighted by atomic mass is 32.2. The van der Waals surface area contributed by atoms with Crippen molar-refractivity contribution in [3.8, 4) is 0 Å². The van der Waals surface area contributed by atoms with Crippen molar-refractivity contribution in [1.29, 1.82) is 0 Å². The van der Waals surface area contributed by atoms with Gasteiger partial charge in [0.1, 0.15) is 11.0 Å². The molecule has 29 heavy (non-hydrogen) atoms. The summed E-state index contributed by atoms with van der Waals surface area (Å²) in [7, 11) is 0. The molecule has 0 spiro atoms. The number of esters is 1. The zero-order chi connectivity index (χ0) is 20.6. The van der Waals surface area contributed by atoms with Crippen molar-refractivity contribution in [2.75, 3.05) is 11.9 Å². The number of carbonyl (C=O) groups excluding carboxylic acids is 3. The number of benzene rings is 1. The third kappa shape index (κ3) is 5.79. The van der Waals surface area contributed by atoms with E-state index in [0.717, 1.165) is 11.8 Å². The number of nitrogens with zero attached hydrogens (tertiary/aromatic N) is 2. The van der Waals surface area contributed by atoms with Crippen molar-refractivity contribution in [2.45, 2.75) is 18.6 Å². The van der Waals surface area contributed by atoms with Crippen LogP contribution in [0.4, 0.5) is 5.69 Å². The predicted octanol–water partition coefficient (Wildman–Crippen LogP) is 2.41. The lowest BCUT2D eigenvalue weighted by molar-refractivity contribution is -0.122. The van der Waals surface area contributed by atoms with E-state index < -0.39 is 11.2 Å². The van der Waals surface area contributed by atoms with E-state index in [4.69, 9.17) is 9.15 Å². The fourth-order valence-corrected chi connectivity index (χ4v) is 3.30. The van der Waals surface area contributed by atoms with Crippen LogP contribution in [-0.2, 0) is 14.3 Å². The third-order valence-corrected chi connectivity index (χ3v) is 4.78. The van der Waals surface area contributed by atoms with E-state index in [1.165, 1.54) is 12.5 Å². The lowest BCUT2D eigenvalue weighted by atomic mass is 10.2. The van der Waals surface area contributed by atoms with Crippen LogP contribution >= 0.6 is 11.8 Å². The number of amides is 2. The second-order valence-electron chi connectivity index (χ2n) is 5.81. The van der Waals surface area contributed by atoms with E-state index in [0.29, 0.717) is 22.2 Å². The number of rotatable bonds is 7. The average Bonchev–Trinajstić information content (AvgIpc) is 3.33. The van der Waals surface area contributed by atoms with E-state index in [1.807, 2.05) is 0 Å². The highest BCUT2D eigenvalue weighted by Gasteiger charge is 2.32. The van der Waals surface area contributed by atoms with Gasteiger partial charge in [0.2, 0.25) is 11.8 Å². The minimum atomic E-state index is -0.605. The molecule has 9 nitrogen and oxygen atoms in total. The van der Waals surface area contributed by atoms with Crippen molar-refractivity contribution in [1.82, 2.24) is 5.32 Å². The number of hydrogen-bond acceptors (Lipinski definition) is 8. The normalized spacial score (nSPS) is 17.5. The van der Waals surface area contributed by atoms with E-state index in [1.54, 1.807) is 43.3 Å². The summed E-state index contributed by atoms with van der Waals surface area (Å²) in [6, 6.07) is 9.76. The van der Waals surface area contributed by atoms with Crippen molar-refractivity contribution in [2.24, 2.45) is 10.2 Å². The highest BCUT2D eigenvalue weighted by Crippen LogP contribution is 2.23. The number of thioether (sulfide) groups is 1. The molecule has 2 N–H and O–H groups in total. The van der Waals surface area contributed by atoms with Gasteiger partial charge in [0.25, 0.3) is 0 Å². The molecule has 0 radical (unpaired) electrons. The Kier molecular flexibility index (Phi) is 6.80. The summed E-state index contributed by atoms with van der Waals surface area (Å²) >= 11 is 1.13. The Hall–Kier alpha value is -3.40. The van der Waals surface area contributed by atoms with Crippen LogP contribution in [0.3, 0.4) is 0 Å². The van der Waals surface area contributed by atoms with Gasteiger partial charge in [-0.15, -0.1) is 5.10 Å². The van der Waals surface area contributed by atoms with Gasteiger partial charge in [-0.2, -0.15) is 5.10 Å². The fourth-order valence-electron chi connectivity index (χ4n) is 2.37. The summed E-state index contributed by atoms with van der Waals surface area (Å²) < 4.78 is 10.00. The molecule has 2 aromatic rings. The molecule has 1 aromatic carbocycles. The van der Waals surface area contributed by atoms with Crippen LogP contribution in [0.15, 0.2) is 57.3 Å². The van der Waals surface area contributed by atoms with Gasteiger partial charge in [0.15, 0.2) is 5.17 Å². The molecule has 2 amide bonds. The summed E-state index contributed by atoms with van der Waals surface area (Å²) in [5.41, 5.74) is 0.912. The van der Waals surface area contributed by atoms with E-state index in [9.17, 15) is 14.4 Å². The van der Waals surface area contributed by atoms with Crippen LogP contribution in [0, 0.1) is 0 Å². The Labute approximate surface area is 170 Å². The zero-order valence-electron chi connectivity index (χ0n) is 15.5. The van der Waals surface area contributed by atoms with Gasteiger partial charge in [-0.3, -0.25) is 9.59 Å². The van der Waals surface area contributed by atoms with Crippen LogP contribution in [-0.4, -0.2) is 41.0 Å². The second kappa shape index (κ2) is 9.69. The first-order valence-electron chi connectivity index (χ1n) is 8.74. The zero-order valence-corrected chi connectivity index (χ0v) is 16.3. The topological polar surface area (TPSA) is 122 Å². The molecule has 1 aromatic heterocycles. The maximum Gasteiger partial charge on any atom is 0.338 e. The molecular weight excluding hydrogens is 396 g/mol. The lowest BCUT2D eigenvalue weighted by Crippen LogP contribution is -2.28. The predicted molar refractivity (Wildman–Crippen MR) is 109 cm³/mol. The smallest absolute Gasteiger partial charge is 0.338 e. The first-order chi connectivity index (χ1) is 14.0. The highest BCUT2D eigenvalue weighted by molar-refractivity contribution is 8.15. The Morgan fingerprint density at radius 3 is 2.79 bits per heavy atom. The Balaban J connectivity index is 1.51. The molecule has 1 atom stereocenters. The number of hydrogen-bond donors (Lipinski definition) is 2. The molecule has 1 unspecified atom stereocenters. The Morgan fingerprint density at radius 2 is 2.10 bits per heavy atom. The molecule has 1 saturated heterocycles. The molecule has 1 aliphatic rings. The summed E-state index contributed by atoms with van der Waals surface area (Å²) in [6.07, 6.45) is 2.90. The Bertz CT molecular complexity index is 938. The monoisotopic (exact) mass is 414 g/mol. The standard InChI is InChI=1S/C19H18N4O5S/c1-2-27-18(26)12-5-7-13(8-6-12)21-16(24)10-15-17(25)22-19(29-15)23-20-11-14-4-3-9-28-14/h3-9,11,15H,2,10H2,1H3,(H,21,24)(H,22,23,25). The van der Waals surface area contributed by atoms with Crippen LogP contribution < -0.4 is 10.6 Å². The molecule has 2 heterocycles. The van der Waals surface area contributed by atoms with Gasteiger partial charge in [0, 0.05) is 12.1 Å². The maximum atomic E-state index is 12.2. The van der Waals surface area contributed by atoms with Gasteiger partial charge in [-0.05, 0) is 43.3 Å². The van der Waals surface area contributed by atoms with Crippen molar-refractivity contribution in [3.05, 3.63) is 54.0 Å². The van der Waals surface area contributed by atoms with Crippen molar-refractivity contribution >= 4 is 46.6 Å². The third-order valence-electron chi connectivity index (χ3n) is 3.70. The average molecular weight is 414 g/mol. The first kappa shape index (κ1) is 20.3. The summed E-state index contributed by atoms with van der Waals surface area (Å²) in [5.74, 6) is -0.531. The van der Waals surface area contributed by atoms with Gasteiger partial charge < -0.3 is 19.8 Å². The molecular formula is C19H18N4O5S. The summed E-state index contributed by atoms with van der Waals surface area (Å²) in [4.78, 5) is 35.9.